The molecule has 1 heterocycles. The van der Waals surface area contributed by atoms with Crippen LogP contribution in [0.1, 0.15) is 0 Å². The van der Waals surface area contributed by atoms with E-state index in [1.807, 2.05) is 11.9 Å². The zero-order chi connectivity index (χ0) is 22.6. The van der Waals surface area contributed by atoms with Gasteiger partial charge in [0, 0.05) is 44.3 Å². The average molecular weight is 469 g/mol. The fourth-order valence-corrected chi connectivity index (χ4v) is 4.91. The number of likely N-dealkylation sites (N-methyl/N-ethyl adjacent to an activating group) is 2. The number of nitro benzene ring substituents is 1. The van der Waals surface area contributed by atoms with Gasteiger partial charge in [-0.15, -0.1) is 0 Å². The molecule has 0 aliphatic carbocycles. The lowest BCUT2D eigenvalue weighted by Gasteiger charge is -2.31. The van der Waals surface area contributed by atoms with Crippen LogP contribution in [0, 0.1) is 10.1 Å². The van der Waals surface area contributed by atoms with Crippen molar-refractivity contribution in [3.05, 3.63) is 57.6 Å². The van der Waals surface area contributed by atoms with E-state index < -0.39 is 14.9 Å². The van der Waals surface area contributed by atoms with Crippen LogP contribution in [0.3, 0.4) is 0 Å². The highest BCUT2D eigenvalue weighted by atomic mass is 35.5. The standard InChI is InChI=1S/C20H25ClN4O5S/c1-22-8-10-24(11-9-22)31(28,29)18-6-7-19(20(15-18)25(26)27)23(2)12-13-30-17-5-3-4-16(21)14-17/h3-7,14-15H,8-13H2,1-2H3. The molecular formula is C20H25ClN4O5S. The summed E-state index contributed by atoms with van der Waals surface area (Å²) in [4.78, 5) is 14.7. The highest BCUT2D eigenvalue weighted by Gasteiger charge is 2.30. The lowest BCUT2D eigenvalue weighted by Crippen LogP contribution is -2.47. The first-order chi connectivity index (χ1) is 14.7. The maximum Gasteiger partial charge on any atom is 0.293 e. The molecule has 31 heavy (non-hydrogen) atoms. The van der Waals surface area contributed by atoms with Crippen LogP contribution in [0.25, 0.3) is 0 Å². The van der Waals surface area contributed by atoms with Crippen LogP contribution in [0.2, 0.25) is 5.02 Å². The van der Waals surface area contributed by atoms with Crippen LogP contribution >= 0.6 is 11.6 Å². The quantitative estimate of drug-likeness (QED) is 0.434. The number of nitrogens with zero attached hydrogens (tertiary/aromatic N) is 4. The lowest BCUT2D eigenvalue weighted by molar-refractivity contribution is -0.384. The predicted molar refractivity (Wildman–Crippen MR) is 120 cm³/mol. The molecule has 2 aromatic carbocycles. The first-order valence-corrected chi connectivity index (χ1v) is 11.6. The van der Waals surface area contributed by atoms with Gasteiger partial charge in [0.2, 0.25) is 10.0 Å². The minimum Gasteiger partial charge on any atom is -0.492 e. The molecule has 0 amide bonds. The van der Waals surface area contributed by atoms with Crippen LogP contribution in [0.5, 0.6) is 5.75 Å². The smallest absolute Gasteiger partial charge is 0.293 e. The topological polar surface area (TPSA) is 96.2 Å². The predicted octanol–water partition coefficient (Wildman–Crippen LogP) is 2.70. The number of benzene rings is 2. The minimum atomic E-state index is -3.79. The van der Waals surface area contributed by atoms with E-state index in [-0.39, 0.29) is 17.2 Å². The molecule has 0 atom stereocenters. The van der Waals surface area contributed by atoms with E-state index in [9.17, 15) is 18.5 Å². The summed E-state index contributed by atoms with van der Waals surface area (Å²) >= 11 is 5.93. The highest BCUT2D eigenvalue weighted by Crippen LogP contribution is 2.31. The molecule has 9 nitrogen and oxygen atoms in total. The van der Waals surface area contributed by atoms with Crippen molar-refractivity contribution in [1.29, 1.82) is 0 Å². The second kappa shape index (κ2) is 9.82. The van der Waals surface area contributed by atoms with E-state index in [0.29, 0.717) is 49.2 Å². The summed E-state index contributed by atoms with van der Waals surface area (Å²) < 4.78 is 32.9. The van der Waals surface area contributed by atoms with Crippen molar-refractivity contribution in [2.24, 2.45) is 0 Å². The van der Waals surface area contributed by atoms with E-state index in [0.717, 1.165) is 6.07 Å². The van der Waals surface area contributed by atoms with Crippen LogP contribution in [-0.4, -0.2) is 76.0 Å². The number of piperazine rings is 1. The normalized spacial score (nSPS) is 15.6. The zero-order valence-corrected chi connectivity index (χ0v) is 19.0. The Morgan fingerprint density at radius 3 is 2.52 bits per heavy atom. The summed E-state index contributed by atoms with van der Waals surface area (Å²) in [7, 11) is -0.176. The van der Waals surface area contributed by atoms with Gasteiger partial charge in [0.15, 0.2) is 0 Å². The molecule has 1 aliphatic heterocycles. The number of hydrogen-bond acceptors (Lipinski definition) is 7. The molecule has 1 aliphatic rings. The Bertz CT molecular complexity index is 1040. The second-order valence-electron chi connectivity index (χ2n) is 7.34. The summed E-state index contributed by atoms with van der Waals surface area (Å²) in [5, 5.41) is 12.2. The van der Waals surface area contributed by atoms with E-state index in [4.69, 9.17) is 16.3 Å². The summed E-state index contributed by atoms with van der Waals surface area (Å²) in [6.45, 7) is 2.58. The van der Waals surface area contributed by atoms with Crippen LogP contribution < -0.4 is 9.64 Å². The third kappa shape index (κ3) is 5.65. The first kappa shape index (κ1) is 23.3. The number of hydrogen-bond donors (Lipinski definition) is 0. The van der Waals surface area contributed by atoms with E-state index in [2.05, 4.69) is 0 Å². The van der Waals surface area contributed by atoms with Crippen molar-refractivity contribution in [2.75, 3.05) is 58.3 Å². The third-order valence-corrected chi connectivity index (χ3v) is 7.28. The third-order valence-electron chi connectivity index (χ3n) is 5.15. The molecular weight excluding hydrogens is 444 g/mol. The number of nitro groups is 1. The molecule has 0 radical (unpaired) electrons. The number of rotatable bonds is 8. The number of sulfonamides is 1. The van der Waals surface area contributed by atoms with E-state index in [1.165, 1.54) is 16.4 Å². The van der Waals surface area contributed by atoms with E-state index in [1.54, 1.807) is 36.2 Å². The lowest BCUT2D eigenvalue weighted by atomic mass is 10.2. The van der Waals surface area contributed by atoms with Crippen LogP contribution in [0.15, 0.2) is 47.4 Å². The SMILES string of the molecule is CN1CCN(S(=O)(=O)c2ccc(N(C)CCOc3cccc(Cl)c3)c([N+](=O)[O-])c2)CC1. The zero-order valence-electron chi connectivity index (χ0n) is 17.4. The molecule has 0 bridgehead atoms. The van der Waals surface area contributed by atoms with Gasteiger partial charge in [0.25, 0.3) is 5.69 Å². The van der Waals surface area contributed by atoms with Crippen molar-refractivity contribution in [3.63, 3.8) is 0 Å². The first-order valence-electron chi connectivity index (χ1n) is 9.75. The molecule has 0 unspecified atom stereocenters. The Morgan fingerprint density at radius 1 is 1.16 bits per heavy atom. The Labute approximate surface area is 187 Å². The fourth-order valence-electron chi connectivity index (χ4n) is 3.29. The van der Waals surface area contributed by atoms with Crippen LogP contribution in [0.4, 0.5) is 11.4 Å². The van der Waals surface area contributed by atoms with Gasteiger partial charge in [0.1, 0.15) is 18.0 Å². The second-order valence-corrected chi connectivity index (χ2v) is 9.72. The average Bonchev–Trinajstić information content (AvgIpc) is 2.73. The van der Waals surface area contributed by atoms with Crippen molar-refractivity contribution < 1.29 is 18.1 Å². The number of anilines is 1. The maximum absolute atomic E-state index is 12.9. The maximum atomic E-state index is 12.9. The molecule has 168 valence electrons. The summed E-state index contributed by atoms with van der Waals surface area (Å²) in [6, 6.07) is 11.0. The molecule has 0 spiro atoms. The van der Waals surface area contributed by atoms with Gasteiger partial charge in [-0.3, -0.25) is 10.1 Å². The minimum absolute atomic E-state index is 0.0731. The fraction of sp³-hybridized carbons (Fsp3) is 0.400. The molecule has 2 aromatic rings. The molecule has 11 heteroatoms. The molecule has 1 saturated heterocycles. The van der Waals surface area contributed by atoms with Crippen LogP contribution in [-0.2, 0) is 10.0 Å². The molecule has 0 aromatic heterocycles. The largest absolute Gasteiger partial charge is 0.492 e. The van der Waals surface area contributed by atoms with Gasteiger partial charge in [-0.05, 0) is 37.4 Å². The Morgan fingerprint density at radius 2 is 1.87 bits per heavy atom. The van der Waals surface area contributed by atoms with Crippen molar-refractivity contribution in [2.45, 2.75) is 4.90 Å². The van der Waals surface area contributed by atoms with E-state index >= 15 is 0 Å². The van der Waals surface area contributed by atoms with Crippen molar-refractivity contribution in [1.82, 2.24) is 9.21 Å². The Kier molecular flexibility index (Phi) is 7.37. The molecule has 1 fully saturated rings. The van der Waals surface area contributed by atoms with Gasteiger partial charge in [-0.1, -0.05) is 17.7 Å². The summed E-state index contributed by atoms with van der Waals surface area (Å²) in [5.41, 5.74) is 0.0532. The van der Waals surface area contributed by atoms with Gasteiger partial charge >= 0.3 is 0 Å². The Hall–Kier alpha value is -2.40. The summed E-state index contributed by atoms with van der Waals surface area (Å²) in [6.07, 6.45) is 0. The summed E-state index contributed by atoms with van der Waals surface area (Å²) in [5.74, 6) is 0.601. The van der Waals surface area contributed by atoms with Crippen molar-refractivity contribution >= 4 is 33.0 Å². The molecule has 0 saturated carbocycles. The number of halogens is 1. The monoisotopic (exact) mass is 468 g/mol. The van der Waals surface area contributed by atoms with Gasteiger partial charge in [-0.25, -0.2) is 8.42 Å². The van der Waals surface area contributed by atoms with Crippen molar-refractivity contribution in [3.8, 4) is 5.75 Å². The van der Waals surface area contributed by atoms with Gasteiger partial charge in [0.05, 0.1) is 16.4 Å². The molecule has 0 N–H and O–H groups in total. The Balaban J connectivity index is 1.74. The highest BCUT2D eigenvalue weighted by molar-refractivity contribution is 7.89. The van der Waals surface area contributed by atoms with Gasteiger partial charge < -0.3 is 14.5 Å². The molecule has 3 rings (SSSR count). The van der Waals surface area contributed by atoms with Gasteiger partial charge in [-0.2, -0.15) is 4.31 Å². The number of ether oxygens (including phenoxy) is 1.